The molecule has 2 rings (SSSR count). The zero-order chi connectivity index (χ0) is 24.5. The Kier molecular flexibility index (Phi) is 45.0. The van der Waals surface area contributed by atoms with Gasteiger partial charge in [0.15, 0.2) is 0 Å². The summed E-state index contributed by atoms with van der Waals surface area (Å²) in [6.45, 7) is 2.66. The van der Waals surface area contributed by atoms with Crippen molar-refractivity contribution in [3.05, 3.63) is 0 Å². The normalized spacial score (nSPS) is 13.4. The molecule has 0 aromatic carbocycles. The van der Waals surface area contributed by atoms with Crippen LogP contribution in [0.5, 0.6) is 0 Å². The van der Waals surface area contributed by atoms with Crippen LogP contribution in [0.25, 0.3) is 0 Å². The number of hydrogen-bond donors (Lipinski definition) is 4. The maximum absolute atomic E-state index is 4.59. The number of hydrogen-bond acceptors (Lipinski definition) is 10. The van der Waals surface area contributed by atoms with E-state index in [-0.39, 0.29) is 36.5 Å². The van der Waals surface area contributed by atoms with Crippen LogP contribution in [0.15, 0.2) is 0 Å². The largest absolute Gasteiger partial charge is 2.00 e. The van der Waals surface area contributed by atoms with E-state index in [4.69, 9.17) is 0 Å². The Morgan fingerprint density at radius 2 is 0.706 bits per heavy atom. The molecule has 16 heteroatoms. The Hall–Kier alpha value is 2.28. The van der Waals surface area contributed by atoms with E-state index in [2.05, 4.69) is 144 Å². The van der Waals surface area contributed by atoms with Crippen LogP contribution in [0, 0.1) is 0 Å². The van der Waals surface area contributed by atoms with E-state index in [1.807, 2.05) is 0 Å². The molecule has 2 saturated heterocycles. The van der Waals surface area contributed by atoms with Crippen LogP contribution < -0.4 is 21.3 Å². The zero-order valence-electron chi connectivity index (χ0n) is 19.1. The van der Waals surface area contributed by atoms with E-state index in [9.17, 15) is 0 Å². The van der Waals surface area contributed by atoms with Gasteiger partial charge in [-0.15, -0.1) is 0 Å². The van der Waals surface area contributed by atoms with Crippen molar-refractivity contribution in [2.24, 2.45) is 0 Å². The van der Waals surface area contributed by atoms with Crippen molar-refractivity contribution in [2.75, 3.05) is 49.2 Å². The molecule has 0 amide bonds. The van der Waals surface area contributed by atoms with Gasteiger partial charge in [-0.25, -0.2) is 0 Å². The molecule has 0 aromatic heterocycles. The van der Waals surface area contributed by atoms with Crippen LogP contribution in [0.3, 0.4) is 0 Å². The fraction of sp³-hybridized carbons (Fsp3) is 0.778. The van der Waals surface area contributed by atoms with Gasteiger partial charge >= 0.3 is 36.5 Å². The quantitative estimate of drug-likeness (QED) is 0.139. The van der Waals surface area contributed by atoms with E-state index in [0.29, 0.717) is 43.5 Å². The Balaban J connectivity index is -0.000000177. The average molecular weight is 745 g/mol. The van der Waals surface area contributed by atoms with E-state index in [1.165, 1.54) is 61.5 Å². The standard InChI is InChI=1S/2C5H10S.2C4H8N2S4.Mn.Zn/c2*1-2-4-6-5-3-1;2*7-3(8)5-1-2-6-4(9)10;;/h2*1-5H2;2*1-2H2,(H2,5,7,8)(H2,6,9,10);;/q;;;;2*+2/p-4. The van der Waals surface area contributed by atoms with Crippen molar-refractivity contribution < 1.29 is 36.5 Å². The van der Waals surface area contributed by atoms with E-state index in [0.717, 1.165) is 0 Å². The van der Waals surface area contributed by atoms with Gasteiger partial charge in [-0.3, -0.25) is 0 Å². The van der Waals surface area contributed by atoms with Crippen LogP contribution in [0.4, 0.5) is 0 Å². The summed E-state index contributed by atoms with van der Waals surface area (Å²) in [6.07, 6.45) is 8.81. The topological polar surface area (TPSA) is 48.1 Å². The Morgan fingerprint density at radius 3 is 0.794 bits per heavy atom. The number of thiocarbonyl (C=S) groups is 4. The fourth-order valence-electron chi connectivity index (χ4n) is 2.03. The molecule has 0 aromatic rings. The fourth-order valence-corrected chi connectivity index (χ4v) is 4.89. The summed E-state index contributed by atoms with van der Waals surface area (Å²) in [4.78, 5) is 0. The number of rotatable bonds is 6. The Labute approximate surface area is 282 Å². The molecule has 0 bridgehead atoms. The second-order valence-corrected chi connectivity index (χ2v) is 13.0. The number of thioether (sulfide) groups is 2. The summed E-state index contributed by atoms with van der Waals surface area (Å²) in [5.74, 6) is 5.67. The molecule has 2 fully saturated rings. The molecule has 4 N–H and O–H groups in total. The molecule has 4 nitrogen and oxygen atoms in total. The van der Waals surface area contributed by atoms with Crippen LogP contribution in [-0.2, 0) is 87.1 Å². The minimum atomic E-state index is 0. The van der Waals surface area contributed by atoms with Crippen molar-refractivity contribution >= 4 is 140 Å². The van der Waals surface area contributed by atoms with Crippen molar-refractivity contribution in [2.45, 2.75) is 38.5 Å². The van der Waals surface area contributed by atoms with Gasteiger partial charge in [-0.05, 0) is 48.7 Å². The first-order valence-electron chi connectivity index (χ1n) is 10.2. The van der Waals surface area contributed by atoms with Gasteiger partial charge in [0.2, 0.25) is 0 Å². The van der Waals surface area contributed by atoms with Crippen molar-refractivity contribution in [1.82, 2.24) is 21.3 Å². The predicted octanol–water partition coefficient (Wildman–Crippen LogP) is 3.46. The summed E-state index contributed by atoms with van der Waals surface area (Å²) >= 11 is 40.9. The molecule has 2 heterocycles. The van der Waals surface area contributed by atoms with Gasteiger partial charge in [0.25, 0.3) is 0 Å². The van der Waals surface area contributed by atoms with Crippen LogP contribution in [0.2, 0.25) is 0 Å². The minimum absolute atomic E-state index is 0. The first-order valence-corrected chi connectivity index (χ1v) is 15.8. The molecule has 2 aliphatic heterocycles. The average Bonchev–Trinajstić information content (AvgIpc) is 2.78. The molecule has 0 saturated carbocycles. The third-order valence-corrected chi connectivity index (χ3v) is 6.95. The summed E-state index contributed by atoms with van der Waals surface area (Å²) < 4.78 is 1.49. The van der Waals surface area contributed by atoms with Crippen molar-refractivity contribution in [1.29, 1.82) is 0 Å². The first kappa shape index (κ1) is 43.3. The smallest absolute Gasteiger partial charge is 0.412 e. The summed E-state index contributed by atoms with van der Waals surface area (Å²) in [5, 5.41) is 11.1. The summed E-state index contributed by atoms with van der Waals surface area (Å²) in [7, 11) is 0. The second-order valence-electron chi connectivity index (χ2n) is 6.20. The predicted molar refractivity (Wildman–Crippen MR) is 174 cm³/mol. The van der Waals surface area contributed by atoms with Gasteiger partial charge in [-0.1, -0.05) is 30.1 Å². The molecule has 0 atom stereocenters. The monoisotopic (exact) mass is 743 g/mol. The van der Waals surface area contributed by atoms with Gasteiger partial charge < -0.3 is 121 Å². The Bertz CT molecular complexity index is 414. The SMILES string of the molecule is C1CCSCC1.C1CCSCC1.S=C([S-])NCCNC(=S)[S-].S=C([S-])NCCNC(=S)[S-].[Mn+2].[Zn+2]. The molecule has 0 unspecified atom stereocenters. The van der Waals surface area contributed by atoms with Gasteiger partial charge in [0, 0.05) is 26.2 Å². The van der Waals surface area contributed by atoms with Gasteiger partial charge in [0.05, 0.1) is 0 Å². The second kappa shape index (κ2) is 35.3. The molecule has 2 aliphatic rings. The molecule has 193 valence electrons. The van der Waals surface area contributed by atoms with Crippen molar-refractivity contribution in [3.63, 3.8) is 0 Å². The van der Waals surface area contributed by atoms with Gasteiger partial charge in [0.1, 0.15) is 0 Å². The van der Waals surface area contributed by atoms with Crippen LogP contribution in [-0.4, -0.2) is 66.5 Å². The van der Waals surface area contributed by atoms with Crippen LogP contribution in [0.1, 0.15) is 38.5 Å². The summed E-state index contributed by atoms with van der Waals surface area (Å²) in [5.41, 5.74) is 0. The van der Waals surface area contributed by atoms with E-state index in [1.54, 1.807) is 0 Å². The van der Waals surface area contributed by atoms with Crippen LogP contribution >= 0.6 is 72.4 Å². The van der Waals surface area contributed by atoms with E-state index < -0.39 is 0 Å². The third kappa shape index (κ3) is 47.5. The molecular formula is C18H32MnN4S10Zn. The number of nitrogens with one attached hydrogen (secondary N) is 4. The third-order valence-electron chi connectivity index (χ3n) is 3.48. The maximum Gasteiger partial charge on any atom is 2.00 e. The van der Waals surface area contributed by atoms with Gasteiger partial charge in [-0.2, -0.15) is 23.5 Å². The minimum Gasteiger partial charge on any atom is -0.412 e. The summed E-state index contributed by atoms with van der Waals surface area (Å²) in [6, 6.07) is 0. The molecule has 1 radical (unpaired) electrons. The first-order chi connectivity index (χ1) is 15.3. The zero-order valence-corrected chi connectivity index (χ0v) is 31.4. The molecule has 0 spiro atoms. The molecule has 0 aliphatic carbocycles. The maximum atomic E-state index is 4.59. The van der Waals surface area contributed by atoms with Crippen molar-refractivity contribution in [3.8, 4) is 0 Å². The van der Waals surface area contributed by atoms with E-state index >= 15 is 0 Å². The molecule has 34 heavy (non-hydrogen) atoms. The Morgan fingerprint density at radius 1 is 0.500 bits per heavy atom. The molecular weight excluding hydrogens is 713 g/mol.